The second-order valence-electron chi connectivity index (χ2n) is 3.63. The van der Waals surface area contributed by atoms with E-state index in [1.54, 1.807) is 0 Å². The van der Waals surface area contributed by atoms with Crippen molar-refractivity contribution < 1.29 is 14.6 Å². The molecule has 1 atom stereocenters. The summed E-state index contributed by atoms with van der Waals surface area (Å²) in [5.74, 6) is -0.396. The number of aromatic nitrogens is 2. The first-order chi connectivity index (χ1) is 9.12. The van der Waals surface area contributed by atoms with Crippen LogP contribution >= 0.6 is 12.2 Å². The highest BCUT2D eigenvalue weighted by Crippen LogP contribution is 2.09. The molecule has 1 heterocycles. The van der Waals surface area contributed by atoms with E-state index in [9.17, 15) is 4.79 Å². The van der Waals surface area contributed by atoms with Gasteiger partial charge in [0.25, 0.3) is 0 Å². The molecule has 0 saturated heterocycles. The van der Waals surface area contributed by atoms with Gasteiger partial charge in [0.05, 0.1) is 19.8 Å². The summed E-state index contributed by atoms with van der Waals surface area (Å²) in [6.07, 6.45) is 3.53. The zero-order valence-electron chi connectivity index (χ0n) is 10.7. The highest BCUT2D eigenvalue weighted by atomic mass is 32.1. The Hall–Kier alpha value is -1.80. The van der Waals surface area contributed by atoms with Crippen molar-refractivity contribution in [2.45, 2.75) is 19.4 Å². The fourth-order valence-electron chi connectivity index (χ4n) is 1.28. The first-order valence-corrected chi connectivity index (χ1v) is 6.10. The molecular formula is C11H16N4O3S. The van der Waals surface area contributed by atoms with Gasteiger partial charge in [0.2, 0.25) is 0 Å². The Kier molecular flexibility index (Phi) is 6.10. The summed E-state index contributed by atoms with van der Waals surface area (Å²) in [5.41, 5.74) is 0.0474. The molecule has 1 aromatic rings. The Morgan fingerprint density at radius 1 is 1.53 bits per heavy atom. The van der Waals surface area contributed by atoms with Crippen molar-refractivity contribution in [3.63, 3.8) is 0 Å². The molecule has 0 fully saturated rings. The van der Waals surface area contributed by atoms with Crippen LogP contribution in [0.15, 0.2) is 12.4 Å². The Morgan fingerprint density at radius 2 is 2.21 bits per heavy atom. The van der Waals surface area contributed by atoms with Crippen LogP contribution in [0.5, 0.6) is 0 Å². The number of hydrogen-bond donors (Lipinski definition) is 3. The number of rotatable bonds is 5. The van der Waals surface area contributed by atoms with Gasteiger partial charge in [-0.15, -0.1) is 0 Å². The minimum absolute atomic E-state index is 0.0390. The summed E-state index contributed by atoms with van der Waals surface area (Å²) in [5, 5.41) is 15.0. The minimum Gasteiger partial charge on any atom is -0.464 e. The third-order valence-corrected chi connectivity index (χ3v) is 2.58. The number of nitrogens with zero attached hydrogens (tertiary/aromatic N) is 2. The first-order valence-electron chi connectivity index (χ1n) is 5.70. The van der Waals surface area contributed by atoms with Crippen LogP contribution in [0.3, 0.4) is 0 Å². The Labute approximate surface area is 116 Å². The van der Waals surface area contributed by atoms with Crippen molar-refractivity contribution in [2.75, 3.05) is 19.0 Å². The lowest BCUT2D eigenvalue weighted by Gasteiger charge is -2.17. The number of carbonyl (C=O) groups excluding carboxylic acids is 1. The number of aliphatic hydroxyl groups is 1. The van der Waals surface area contributed by atoms with Crippen molar-refractivity contribution in [3.8, 4) is 0 Å². The molecule has 0 aromatic carbocycles. The van der Waals surface area contributed by atoms with Gasteiger partial charge in [0, 0.05) is 12.4 Å². The predicted molar refractivity (Wildman–Crippen MR) is 73.9 cm³/mol. The van der Waals surface area contributed by atoms with Gasteiger partial charge in [0.15, 0.2) is 16.6 Å². The summed E-state index contributed by atoms with van der Waals surface area (Å²) in [6.45, 7) is 1.88. The van der Waals surface area contributed by atoms with E-state index >= 15 is 0 Å². The number of ether oxygens (including phenoxy) is 1. The molecule has 104 valence electrons. The summed E-state index contributed by atoms with van der Waals surface area (Å²) < 4.78 is 4.60. The lowest BCUT2D eigenvalue weighted by atomic mass is 10.2. The maximum Gasteiger partial charge on any atom is 0.360 e. The molecular weight excluding hydrogens is 268 g/mol. The van der Waals surface area contributed by atoms with E-state index in [0.29, 0.717) is 6.42 Å². The fourth-order valence-corrected chi connectivity index (χ4v) is 1.54. The molecule has 8 heteroatoms. The molecule has 0 bridgehead atoms. The largest absolute Gasteiger partial charge is 0.464 e. The molecule has 0 aliphatic rings. The van der Waals surface area contributed by atoms with E-state index in [0.717, 1.165) is 0 Å². The molecule has 3 N–H and O–H groups in total. The van der Waals surface area contributed by atoms with Crippen LogP contribution < -0.4 is 10.6 Å². The Balaban J connectivity index is 2.76. The Morgan fingerprint density at radius 3 is 2.79 bits per heavy atom. The molecule has 0 saturated carbocycles. The second kappa shape index (κ2) is 7.59. The van der Waals surface area contributed by atoms with Crippen LogP contribution in [0, 0.1) is 0 Å². The monoisotopic (exact) mass is 284 g/mol. The normalized spacial score (nSPS) is 11.5. The third kappa shape index (κ3) is 4.42. The standard InChI is InChI=1S/C11H16N4O3S/c1-3-7(6-16)14-11(19)15-9-8(10(17)18-2)12-4-5-13-9/h4-5,7,16H,3,6H2,1-2H3,(H2,13,14,15,19). The molecule has 7 nitrogen and oxygen atoms in total. The van der Waals surface area contributed by atoms with Gasteiger partial charge in [-0.25, -0.2) is 14.8 Å². The molecule has 1 aromatic heterocycles. The van der Waals surface area contributed by atoms with E-state index < -0.39 is 5.97 Å². The number of thiocarbonyl (C=S) groups is 1. The molecule has 19 heavy (non-hydrogen) atoms. The quantitative estimate of drug-likeness (QED) is 0.525. The molecule has 0 radical (unpaired) electrons. The number of methoxy groups -OCH3 is 1. The predicted octanol–water partition coefficient (Wildman–Crippen LogP) is 0.320. The van der Waals surface area contributed by atoms with Crippen molar-refractivity contribution in [3.05, 3.63) is 18.1 Å². The zero-order chi connectivity index (χ0) is 14.3. The first kappa shape index (κ1) is 15.3. The van der Waals surface area contributed by atoms with E-state index in [-0.39, 0.29) is 29.3 Å². The molecule has 0 aliphatic heterocycles. The molecule has 0 spiro atoms. The Bertz CT molecular complexity index is 451. The zero-order valence-corrected chi connectivity index (χ0v) is 11.5. The smallest absolute Gasteiger partial charge is 0.360 e. The van der Waals surface area contributed by atoms with Gasteiger partial charge >= 0.3 is 5.97 Å². The van der Waals surface area contributed by atoms with Crippen molar-refractivity contribution in [2.24, 2.45) is 0 Å². The van der Waals surface area contributed by atoms with Gasteiger partial charge in [-0.05, 0) is 18.6 Å². The highest BCUT2D eigenvalue weighted by molar-refractivity contribution is 7.80. The van der Waals surface area contributed by atoms with E-state index in [1.165, 1.54) is 19.5 Å². The van der Waals surface area contributed by atoms with Gasteiger partial charge in [0.1, 0.15) is 0 Å². The lowest BCUT2D eigenvalue weighted by molar-refractivity contribution is 0.0595. The number of aliphatic hydroxyl groups excluding tert-OH is 1. The van der Waals surface area contributed by atoms with Gasteiger partial charge in [-0.1, -0.05) is 6.92 Å². The van der Waals surface area contributed by atoms with E-state index in [4.69, 9.17) is 17.3 Å². The van der Waals surface area contributed by atoms with Crippen LogP contribution in [0.2, 0.25) is 0 Å². The van der Waals surface area contributed by atoms with Gasteiger partial charge in [-0.2, -0.15) is 0 Å². The number of carbonyl (C=O) groups is 1. The number of hydrogen-bond acceptors (Lipinski definition) is 6. The summed E-state index contributed by atoms with van der Waals surface area (Å²) in [7, 11) is 1.26. The number of nitrogens with one attached hydrogen (secondary N) is 2. The lowest BCUT2D eigenvalue weighted by Crippen LogP contribution is -2.40. The van der Waals surface area contributed by atoms with Gasteiger partial charge in [-0.3, -0.25) is 0 Å². The van der Waals surface area contributed by atoms with Crippen molar-refractivity contribution in [1.29, 1.82) is 0 Å². The summed E-state index contributed by atoms with van der Waals surface area (Å²) >= 11 is 5.07. The average molecular weight is 284 g/mol. The van der Waals surface area contributed by atoms with Crippen LogP contribution in [0.1, 0.15) is 23.8 Å². The topological polar surface area (TPSA) is 96.4 Å². The van der Waals surface area contributed by atoms with Gasteiger partial charge < -0.3 is 20.5 Å². The highest BCUT2D eigenvalue weighted by Gasteiger charge is 2.16. The molecule has 0 amide bonds. The van der Waals surface area contributed by atoms with Crippen molar-refractivity contribution >= 4 is 29.1 Å². The maximum absolute atomic E-state index is 11.5. The third-order valence-electron chi connectivity index (χ3n) is 2.36. The molecule has 1 rings (SSSR count). The molecule has 0 aliphatic carbocycles. The number of esters is 1. The van der Waals surface area contributed by atoms with E-state index in [2.05, 4.69) is 25.3 Å². The average Bonchev–Trinajstić information content (AvgIpc) is 2.44. The van der Waals surface area contributed by atoms with Crippen LogP contribution in [-0.4, -0.2) is 45.9 Å². The number of anilines is 1. The fraction of sp³-hybridized carbons (Fsp3) is 0.455. The second-order valence-corrected chi connectivity index (χ2v) is 4.04. The van der Waals surface area contributed by atoms with Crippen LogP contribution in [-0.2, 0) is 4.74 Å². The van der Waals surface area contributed by atoms with E-state index in [1.807, 2.05) is 6.92 Å². The van der Waals surface area contributed by atoms with Crippen molar-refractivity contribution in [1.82, 2.24) is 15.3 Å². The molecule has 1 unspecified atom stereocenters. The SMILES string of the molecule is CCC(CO)NC(=S)Nc1nccnc1C(=O)OC. The maximum atomic E-state index is 11.5. The summed E-state index contributed by atoms with van der Waals surface area (Å²) in [4.78, 5) is 19.3. The summed E-state index contributed by atoms with van der Waals surface area (Å²) in [6, 6.07) is -0.154. The van der Waals surface area contributed by atoms with Crippen LogP contribution in [0.4, 0.5) is 5.82 Å². The minimum atomic E-state index is -0.604. The van der Waals surface area contributed by atoms with Crippen LogP contribution in [0.25, 0.3) is 0 Å².